The zero-order chi connectivity index (χ0) is 27.4. The molecule has 2 aliphatic rings. The van der Waals surface area contributed by atoms with E-state index in [0.717, 1.165) is 6.42 Å². The molecule has 2 heterocycles. The van der Waals surface area contributed by atoms with Crippen LogP contribution in [0.3, 0.4) is 0 Å². The van der Waals surface area contributed by atoms with E-state index in [-0.39, 0.29) is 34.6 Å². The molecule has 38 heavy (non-hydrogen) atoms. The molecule has 2 aliphatic heterocycles. The van der Waals surface area contributed by atoms with Gasteiger partial charge in [-0.15, -0.1) is 0 Å². The highest BCUT2D eigenvalue weighted by Crippen LogP contribution is 2.37. The summed E-state index contributed by atoms with van der Waals surface area (Å²) in [5.74, 6) is 0.949. The average Bonchev–Trinajstić information content (AvgIpc) is 3.33. The number of rotatable bonds is 11. The first-order valence-corrected chi connectivity index (χ1v) is 15.4. The zero-order valence-electron chi connectivity index (χ0n) is 21.5. The van der Waals surface area contributed by atoms with Crippen molar-refractivity contribution in [3.05, 3.63) is 48.5 Å². The van der Waals surface area contributed by atoms with E-state index < -0.39 is 26.2 Å². The summed E-state index contributed by atoms with van der Waals surface area (Å²) in [6.45, 7) is 1.49. The molecule has 2 atom stereocenters. The molecule has 210 valence electrons. The molecular weight excluding hydrogens is 534 g/mol. The van der Waals surface area contributed by atoms with Crippen LogP contribution < -0.4 is 19.5 Å². The molecule has 2 fully saturated rings. The molecule has 0 saturated carbocycles. The summed E-state index contributed by atoms with van der Waals surface area (Å²) in [4.78, 5) is 0.328. The van der Waals surface area contributed by atoms with E-state index in [1.807, 2.05) is 0 Å². The zero-order valence-corrected chi connectivity index (χ0v) is 23.1. The van der Waals surface area contributed by atoms with Gasteiger partial charge in [0, 0.05) is 31.7 Å². The van der Waals surface area contributed by atoms with Crippen molar-refractivity contribution >= 4 is 20.0 Å². The Kier molecular flexibility index (Phi) is 8.97. The topological polar surface area (TPSA) is 144 Å². The van der Waals surface area contributed by atoms with Gasteiger partial charge in [0.1, 0.15) is 24.2 Å². The number of methoxy groups -OCH3 is 1. The Bertz CT molecular complexity index is 1290. The van der Waals surface area contributed by atoms with Crippen molar-refractivity contribution in [3.8, 4) is 11.5 Å². The number of nitrogens with one attached hydrogen (secondary N) is 2. The van der Waals surface area contributed by atoms with E-state index >= 15 is 0 Å². The largest absolute Gasteiger partial charge is 0.497 e. The predicted molar refractivity (Wildman–Crippen MR) is 140 cm³/mol. The molecular formula is C25H35N3O8S2. The van der Waals surface area contributed by atoms with Gasteiger partial charge < -0.3 is 24.6 Å². The van der Waals surface area contributed by atoms with Crippen LogP contribution in [0.25, 0.3) is 0 Å². The van der Waals surface area contributed by atoms with Crippen molar-refractivity contribution in [2.24, 2.45) is 0 Å². The van der Waals surface area contributed by atoms with Crippen LogP contribution in [-0.2, 0) is 24.8 Å². The van der Waals surface area contributed by atoms with Crippen molar-refractivity contribution in [2.45, 2.75) is 46.8 Å². The third-order valence-electron chi connectivity index (χ3n) is 7.01. The first-order chi connectivity index (χ1) is 18.1. The van der Waals surface area contributed by atoms with Crippen molar-refractivity contribution in [2.75, 3.05) is 47.0 Å². The molecule has 2 saturated heterocycles. The number of sulfonamides is 2. The van der Waals surface area contributed by atoms with E-state index in [2.05, 4.69) is 10.0 Å². The van der Waals surface area contributed by atoms with Crippen molar-refractivity contribution in [3.63, 3.8) is 0 Å². The summed E-state index contributed by atoms with van der Waals surface area (Å²) in [5, 5.41) is 13.7. The van der Waals surface area contributed by atoms with Crippen molar-refractivity contribution in [1.29, 1.82) is 0 Å². The number of aliphatic hydroxyl groups excluding tert-OH is 1. The van der Waals surface area contributed by atoms with Crippen LogP contribution in [0.5, 0.6) is 11.5 Å². The minimum Gasteiger partial charge on any atom is -0.497 e. The fraction of sp³-hybridized carbons (Fsp3) is 0.520. The Morgan fingerprint density at radius 1 is 1.08 bits per heavy atom. The van der Waals surface area contributed by atoms with Gasteiger partial charge >= 0.3 is 0 Å². The highest BCUT2D eigenvalue weighted by atomic mass is 32.2. The molecule has 2 aromatic carbocycles. The lowest BCUT2D eigenvalue weighted by Gasteiger charge is -2.38. The van der Waals surface area contributed by atoms with Crippen molar-refractivity contribution < 1.29 is 36.2 Å². The summed E-state index contributed by atoms with van der Waals surface area (Å²) in [6.07, 6.45) is 1.10. The fourth-order valence-corrected chi connectivity index (χ4v) is 6.96. The van der Waals surface area contributed by atoms with Crippen LogP contribution >= 0.6 is 0 Å². The Hall–Kier alpha value is -2.26. The Morgan fingerprint density at radius 2 is 1.79 bits per heavy atom. The van der Waals surface area contributed by atoms with Crippen LogP contribution in [0.4, 0.5) is 0 Å². The fourth-order valence-electron chi connectivity index (χ4n) is 4.76. The third-order valence-corrected chi connectivity index (χ3v) is 10.3. The van der Waals surface area contributed by atoms with Crippen LogP contribution in [-0.4, -0.2) is 91.0 Å². The van der Waals surface area contributed by atoms with Gasteiger partial charge in [-0.3, -0.25) is 0 Å². The second kappa shape index (κ2) is 11.9. The molecule has 0 amide bonds. The average molecular weight is 570 g/mol. The predicted octanol–water partition coefficient (Wildman–Crippen LogP) is 0.945. The smallest absolute Gasteiger partial charge is 0.243 e. The molecule has 3 N–H and O–H groups in total. The lowest BCUT2D eigenvalue weighted by molar-refractivity contribution is -0.0312. The molecule has 0 radical (unpaired) electrons. The molecule has 4 rings (SSSR count). The van der Waals surface area contributed by atoms with Gasteiger partial charge in [0.25, 0.3) is 0 Å². The van der Waals surface area contributed by atoms with E-state index in [1.165, 1.54) is 30.6 Å². The Balaban J connectivity index is 1.22. The van der Waals surface area contributed by atoms with Gasteiger partial charge in [0.15, 0.2) is 0 Å². The maximum Gasteiger partial charge on any atom is 0.243 e. The quantitative estimate of drug-likeness (QED) is 0.360. The lowest BCUT2D eigenvalue weighted by atomic mass is 9.88. The van der Waals surface area contributed by atoms with Crippen LogP contribution in [0.2, 0.25) is 0 Å². The van der Waals surface area contributed by atoms with Crippen LogP contribution in [0, 0.1) is 0 Å². The number of hydrogen-bond acceptors (Lipinski definition) is 9. The van der Waals surface area contributed by atoms with Gasteiger partial charge in [0.2, 0.25) is 20.0 Å². The first-order valence-electron chi connectivity index (χ1n) is 12.4. The van der Waals surface area contributed by atoms with Crippen LogP contribution in [0.1, 0.15) is 19.3 Å². The molecule has 1 spiro atoms. The maximum atomic E-state index is 13.0. The Labute approximate surface area is 224 Å². The first kappa shape index (κ1) is 28.7. The van der Waals surface area contributed by atoms with E-state index in [0.29, 0.717) is 44.0 Å². The van der Waals surface area contributed by atoms with E-state index in [1.54, 1.807) is 36.4 Å². The SMILES string of the molecule is CNS(=O)(=O)c1cccc(OC[C@@H](O)CNC2COC3(CCN(S(=O)(=O)c4ccc(OC)cc4)CC3)C2)c1. The maximum absolute atomic E-state index is 13.0. The lowest BCUT2D eigenvalue weighted by Crippen LogP contribution is -2.47. The molecule has 0 aromatic heterocycles. The molecule has 0 aliphatic carbocycles. The molecule has 0 bridgehead atoms. The van der Waals surface area contributed by atoms with E-state index in [4.69, 9.17) is 14.2 Å². The van der Waals surface area contributed by atoms with Gasteiger partial charge in [-0.1, -0.05) is 6.07 Å². The number of piperidine rings is 1. The highest BCUT2D eigenvalue weighted by molar-refractivity contribution is 7.89. The summed E-state index contributed by atoms with van der Waals surface area (Å²) in [7, 11) is -4.30. The van der Waals surface area contributed by atoms with Gasteiger partial charge in [-0.2, -0.15) is 4.31 Å². The van der Waals surface area contributed by atoms with E-state index in [9.17, 15) is 21.9 Å². The monoisotopic (exact) mass is 569 g/mol. The molecule has 11 nitrogen and oxygen atoms in total. The second-order valence-corrected chi connectivity index (χ2v) is 13.4. The second-order valence-electron chi connectivity index (χ2n) is 9.53. The summed E-state index contributed by atoms with van der Waals surface area (Å²) >= 11 is 0. The number of ether oxygens (including phenoxy) is 3. The highest BCUT2D eigenvalue weighted by Gasteiger charge is 2.44. The van der Waals surface area contributed by atoms with Crippen molar-refractivity contribution in [1.82, 2.24) is 14.3 Å². The number of aliphatic hydroxyl groups is 1. The van der Waals surface area contributed by atoms with Gasteiger partial charge in [-0.05, 0) is 62.7 Å². The van der Waals surface area contributed by atoms with Gasteiger partial charge in [-0.25, -0.2) is 21.6 Å². The molecule has 13 heteroatoms. The Morgan fingerprint density at radius 3 is 2.45 bits per heavy atom. The minimum absolute atomic E-state index is 0.00699. The van der Waals surface area contributed by atoms with Crippen LogP contribution in [0.15, 0.2) is 58.3 Å². The number of benzene rings is 2. The minimum atomic E-state index is -3.59. The summed E-state index contributed by atoms with van der Waals surface area (Å²) in [5.41, 5.74) is -0.385. The summed E-state index contributed by atoms with van der Waals surface area (Å²) < 4.78 is 70.6. The number of hydrogen-bond donors (Lipinski definition) is 3. The van der Waals surface area contributed by atoms with Gasteiger partial charge in [0.05, 0.1) is 29.1 Å². The molecule has 2 aromatic rings. The standard InChI is InChI=1S/C25H35N3O8S2/c1-26-37(30,31)24-5-3-4-22(14-24)35-18-20(29)16-27-19-15-25(36-17-19)10-12-28(13-11-25)38(32,33)23-8-6-21(34-2)7-9-23/h3-9,14,19-20,26-27,29H,10-13,15-18H2,1-2H3/t19?,20-/m0/s1. The summed E-state index contributed by atoms with van der Waals surface area (Å²) in [6, 6.07) is 12.5. The molecule has 1 unspecified atom stereocenters. The number of nitrogens with zero attached hydrogens (tertiary/aromatic N) is 1. The normalized spacial score (nSPS) is 20.9. The third kappa shape index (κ3) is 6.65.